The number of aryl methyl sites for hydroxylation is 1. The Balaban J connectivity index is 1.37. The summed E-state index contributed by atoms with van der Waals surface area (Å²) in [5.41, 5.74) is 4.16. The molecule has 0 fully saturated rings. The minimum absolute atomic E-state index is 0.00944. The summed E-state index contributed by atoms with van der Waals surface area (Å²) >= 11 is 0. The Morgan fingerprint density at radius 1 is 0.861 bits per heavy atom. The number of para-hydroxylation sites is 1. The number of halogens is 1. The lowest BCUT2D eigenvalue weighted by Gasteiger charge is -2.16. The third kappa shape index (κ3) is 5.62. The van der Waals surface area contributed by atoms with Gasteiger partial charge < -0.3 is 24.1 Å². The predicted octanol–water partition coefficient (Wildman–Crippen LogP) is 5.15. The van der Waals surface area contributed by atoms with Gasteiger partial charge in [-0.1, -0.05) is 36.4 Å². The van der Waals surface area contributed by atoms with Gasteiger partial charge in [-0.05, 0) is 48.2 Å². The molecule has 4 aromatic rings. The maximum absolute atomic E-state index is 13.3. The molecule has 0 saturated heterocycles. The molecule has 1 amide bonds. The summed E-state index contributed by atoms with van der Waals surface area (Å²) in [4.78, 5) is 12.6. The fourth-order valence-corrected chi connectivity index (χ4v) is 4.47. The Morgan fingerprint density at radius 2 is 1.61 bits per heavy atom. The van der Waals surface area contributed by atoms with Gasteiger partial charge in [-0.25, -0.2) is 4.39 Å². The zero-order valence-electron chi connectivity index (χ0n) is 20.8. The fraction of sp³-hybridized carbons (Fsp3) is 0.276. The van der Waals surface area contributed by atoms with Crippen LogP contribution in [0.15, 0.2) is 66.9 Å². The second kappa shape index (κ2) is 11.6. The van der Waals surface area contributed by atoms with E-state index in [0.29, 0.717) is 49.6 Å². The SMILES string of the molecule is COc1ccc(CCNC(=O)CCc2cn(Cc3ccc(F)cc3)c3ccccc23)c(OC)c1OC. The third-order valence-corrected chi connectivity index (χ3v) is 6.26. The van der Waals surface area contributed by atoms with E-state index in [-0.39, 0.29) is 11.7 Å². The number of benzene rings is 3. The molecule has 0 radical (unpaired) electrons. The molecule has 4 rings (SSSR count). The van der Waals surface area contributed by atoms with Crippen LogP contribution < -0.4 is 19.5 Å². The monoisotopic (exact) mass is 490 g/mol. The van der Waals surface area contributed by atoms with Crippen molar-refractivity contribution in [2.75, 3.05) is 27.9 Å². The van der Waals surface area contributed by atoms with E-state index in [0.717, 1.165) is 27.6 Å². The molecule has 6 nitrogen and oxygen atoms in total. The molecule has 0 aliphatic carbocycles. The number of fused-ring (bicyclic) bond motifs is 1. The first-order chi connectivity index (χ1) is 17.5. The maximum atomic E-state index is 13.3. The van der Waals surface area contributed by atoms with Gasteiger partial charge in [0.2, 0.25) is 11.7 Å². The molecule has 0 aliphatic heterocycles. The summed E-state index contributed by atoms with van der Waals surface area (Å²) in [6, 6.07) is 18.4. The molecule has 7 heteroatoms. The largest absolute Gasteiger partial charge is 0.493 e. The number of rotatable bonds is 11. The van der Waals surface area contributed by atoms with Crippen molar-refractivity contribution in [1.82, 2.24) is 9.88 Å². The summed E-state index contributed by atoms with van der Waals surface area (Å²) in [6.07, 6.45) is 3.71. The van der Waals surface area contributed by atoms with Crippen LogP contribution in [0, 0.1) is 5.82 Å². The minimum Gasteiger partial charge on any atom is -0.493 e. The van der Waals surface area contributed by atoms with Crippen LogP contribution in [0.4, 0.5) is 4.39 Å². The first-order valence-electron chi connectivity index (χ1n) is 11.9. The van der Waals surface area contributed by atoms with Crippen LogP contribution in [-0.4, -0.2) is 38.3 Å². The molecule has 188 valence electrons. The summed E-state index contributed by atoms with van der Waals surface area (Å²) in [5, 5.41) is 4.14. The topological polar surface area (TPSA) is 61.7 Å². The van der Waals surface area contributed by atoms with Crippen molar-refractivity contribution in [3.63, 3.8) is 0 Å². The van der Waals surface area contributed by atoms with E-state index in [1.165, 1.54) is 12.1 Å². The standard InChI is InChI=1S/C29H31FN2O4/c1-34-26-14-10-21(28(35-2)29(26)36-3)16-17-31-27(33)15-11-22-19-32(25-7-5-4-6-24(22)25)18-20-8-12-23(30)13-9-20/h4-10,12-14,19H,11,15-18H2,1-3H3,(H,31,33). The van der Waals surface area contributed by atoms with Crippen LogP contribution in [0.5, 0.6) is 17.2 Å². The zero-order chi connectivity index (χ0) is 25.5. The van der Waals surface area contributed by atoms with Crippen molar-refractivity contribution in [2.45, 2.75) is 25.8 Å². The van der Waals surface area contributed by atoms with Crippen LogP contribution in [0.2, 0.25) is 0 Å². The molecule has 36 heavy (non-hydrogen) atoms. The maximum Gasteiger partial charge on any atom is 0.220 e. The molecular weight excluding hydrogens is 459 g/mol. The summed E-state index contributed by atoms with van der Waals surface area (Å²) in [6.45, 7) is 1.12. The Morgan fingerprint density at radius 3 is 2.33 bits per heavy atom. The highest BCUT2D eigenvalue weighted by Gasteiger charge is 2.16. The van der Waals surface area contributed by atoms with Gasteiger partial charge in [0.25, 0.3) is 0 Å². The van der Waals surface area contributed by atoms with E-state index in [2.05, 4.69) is 28.2 Å². The average Bonchev–Trinajstić information content (AvgIpc) is 3.25. The number of carbonyl (C=O) groups is 1. The van der Waals surface area contributed by atoms with Gasteiger partial charge in [0.1, 0.15) is 5.82 Å². The molecule has 0 unspecified atom stereocenters. The molecule has 0 bridgehead atoms. The zero-order valence-corrected chi connectivity index (χ0v) is 20.8. The predicted molar refractivity (Wildman–Crippen MR) is 139 cm³/mol. The van der Waals surface area contributed by atoms with E-state index >= 15 is 0 Å². The highest BCUT2D eigenvalue weighted by Crippen LogP contribution is 2.39. The van der Waals surface area contributed by atoms with Gasteiger partial charge in [-0.3, -0.25) is 4.79 Å². The molecule has 0 saturated carbocycles. The smallest absolute Gasteiger partial charge is 0.220 e. The lowest BCUT2D eigenvalue weighted by molar-refractivity contribution is -0.121. The van der Waals surface area contributed by atoms with Crippen molar-refractivity contribution < 1.29 is 23.4 Å². The Bertz CT molecular complexity index is 1330. The summed E-state index contributed by atoms with van der Waals surface area (Å²) in [7, 11) is 4.74. The van der Waals surface area contributed by atoms with Gasteiger partial charge in [0.05, 0.1) is 21.3 Å². The molecule has 1 heterocycles. The molecule has 0 atom stereocenters. The quantitative estimate of drug-likeness (QED) is 0.316. The molecule has 1 aromatic heterocycles. The van der Waals surface area contributed by atoms with Crippen molar-refractivity contribution in [2.24, 2.45) is 0 Å². The van der Waals surface area contributed by atoms with Gasteiger partial charge in [0, 0.05) is 42.2 Å². The number of nitrogens with one attached hydrogen (secondary N) is 1. The van der Waals surface area contributed by atoms with Crippen molar-refractivity contribution >= 4 is 16.8 Å². The summed E-state index contributed by atoms with van der Waals surface area (Å²) < 4.78 is 31.7. The normalized spacial score (nSPS) is 10.9. The van der Waals surface area contributed by atoms with E-state index in [1.807, 2.05) is 24.3 Å². The van der Waals surface area contributed by atoms with Gasteiger partial charge in [-0.15, -0.1) is 0 Å². The van der Waals surface area contributed by atoms with Crippen LogP contribution in [0.25, 0.3) is 10.9 Å². The highest BCUT2D eigenvalue weighted by atomic mass is 19.1. The fourth-order valence-electron chi connectivity index (χ4n) is 4.47. The van der Waals surface area contributed by atoms with Gasteiger partial charge >= 0.3 is 0 Å². The van der Waals surface area contributed by atoms with Crippen molar-refractivity contribution in [3.8, 4) is 17.2 Å². The Labute approximate surface area is 210 Å². The lowest BCUT2D eigenvalue weighted by atomic mass is 10.1. The molecule has 0 spiro atoms. The van der Waals surface area contributed by atoms with Crippen molar-refractivity contribution in [3.05, 3.63) is 89.4 Å². The minimum atomic E-state index is -0.243. The van der Waals surface area contributed by atoms with E-state index in [1.54, 1.807) is 33.5 Å². The number of hydrogen-bond donors (Lipinski definition) is 1. The van der Waals surface area contributed by atoms with Crippen LogP contribution in [-0.2, 0) is 24.2 Å². The van der Waals surface area contributed by atoms with Crippen LogP contribution in [0.1, 0.15) is 23.1 Å². The first-order valence-corrected chi connectivity index (χ1v) is 11.9. The highest BCUT2D eigenvalue weighted by molar-refractivity contribution is 5.85. The van der Waals surface area contributed by atoms with Gasteiger partial charge in [0.15, 0.2) is 11.5 Å². The Kier molecular flexibility index (Phi) is 8.10. The van der Waals surface area contributed by atoms with Crippen LogP contribution in [0.3, 0.4) is 0 Å². The number of aromatic nitrogens is 1. The van der Waals surface area contributed by atoms with E-state index in [4.69, 9.17) is 14.2 Å². The molecule has 0 aliphatic rings. The van der Waals surface area contributed by atoms with Crippen molar-refractivity contribution in [1.29, 1.82) is 0 Å². The first kappa shape index (κ1) is 25.1. The lowest BCUT2D eigenvalue weighted by Crippen LogP contribution is -2.26. The van der Waals surface area contributed by atoms with E-state index < -0.39 is 0 Å². The average molecular weight is 491 g/mol. The molecule has 3 aromatic carbocycles. The van der Waals surface area contributed by atoms with Crippen LogP contribution >= 0.6 is 0 Å². The summed E-state index contributed by atoms with van der Waals surface area (Å²) in [5.74, 6) is 1.50. The molecule has 1 N–H and O–H groups in total. The second-order valence-electron chi connectivity index (χ2n) is 8.52. The number of carbonyl (C=O) groups excluding carboxylic acids is 1. The Hall–Kier alpha value is -4.00. The molecular formula is C29H31FN2O4. The number of methoxy groups -OCH3 is 3. The van der Waals surface area contributed by atoms with Gasteiger partial charge in [-0.2, -0.15) is 0 Å². The number of ether oxygens (including phenoxy) is 3. The van der Waals surface area contributed by atoms with E-state index in [9.17, 15) is 9.18 Å². The second-order valence-corrected chi connectivity index (χ2v) is 8.52. The number of nitrogens with zero attached hydrogens (tertiary/aromatic N) is 1. The number of hydrogen-bond acceptors (Lipinski definition) is 4. The third-order valence-electron chi connectivity index (χ3n) is 6.26. The number of amides is 1.